The van der Waals surface area contributed by atoms with Gasteiger partial charge in [-0.25, -0.2) is 0 Å². The summed E-state index contributed by atoms with van der Waals surface area (Å²) in [5.74, 6) is 0.856. The van der Waals surface area contributed by atoms with Crippen molar-refractivity contribution in [1.29, 1.82) is 0 Å². The molecule has 1 aromatic heterocycles. The van der Waals surface area contributed by atoms with E-state index in [-0.39, 0.29) is 5.91 Å². The average molecular weight is 324 g/mol. The van der Waals surface area contributed by atoms with E-state index in [2.05, 4.69) is 10.4 Å². The number of nitrogens with one attached hydrogen (secondary N) is 1. The van der Waals surface area contributed by atoms with Gasteiger partial charge in [0.1, 0.15) is 5.15 Å². The Kier molecular flexibility index (Phi) is 4.92. The molecule has 0 unspecified atom stereocenters. The highest BCUT2D eigenvalue weighted by Gasteiger charge is 2.19. The van der Waals surface area contributed by atoms with Crippen molar-refractivity contribution in [1.82, 2.24) is 9.78 Å². The van der Waals surface area contributed by atoms with E-state index in [1.54, 1.807) is 39.3 Å². The lowest BCUT2D eigenvalue weighted by molar-refractivity contribution is 0.102. The van der Waals surface area contributed by atoms with Gasteiger partial charge in [-0.15, -0.1) is 0 Å². The van der Waals surface area contributed by atoms with Crippen LogP contribution in [0.4, 0.5) is 5.69 Å². The Morgan fingerprint density at radius 3 is 2.68 bits per heavy atom. The number of hydrogen-bond acceptors (Lipinski definition) is 4. The molecule has 0 radical (unpaired) electrons. The van der Waals surface area contributed by atoms with E-state index in [0.29, 0.717) is 40.2 Å². The molecule has 0 atom stereocenters. The number of aromatic nitrogens is 2. The summed E-state index contributed by atoms with van der Waals surface area (Å²) in [4.78, 5) is 12.4. The molecule has 0 saturated heterocycles. The molecule has 1 N–H and O–H groups in total. The lowest BCUT2D eigenvalue weighted by atomic mass is 10.2. The summed E-state index contributed by atoms with van der Waals surface area (Å²) in [5.41, 5.74) is 1.52. The molecule has 0 bridgehead atoms. The van der Waals surface area contributed by atoms with Crippen LogP contribution in [0.15, 0.2) is 18.2 Å². The third kappa shape index (κ3) is 3.17. The topological polar surface area (TPSA) is 65.4 Å². The molecule has 0 saturated carbocycles. The van der Waals surface area contributed by atoms with E-state index in [1.165, 1.54) is 4.68 Å². The Morgan fingerprint density at radius 1 is 1.41 bits per heavy atom. The molecule has 1 aromatic carbocycles. The van der Waals surface area contributed by atoms with Gasteiger partial charge in [0.15, 0.2) is 11.5 Å². The predicted molar refractivity (Wildman–Crippen MR) is 85.1 cm³/mol. The van der Waals surface area contributed by atoms with Crippen molar-refractivity contribution in [3.63, 3.8) is 0 Å². The molecule has 1 heterocycles. The van der Waals surface area contributed by atoms with Gasteiger partial charge in [-0.3, -0.25) is 9.48 Å². The van der Waals surface area contributed by atoms with Crippen molar-refractivity contribution < 1.29 is 14.3 Å². The minimum absolute atomic E-state index is 0.299. The van der Waals surface area contributed by atoms with Gasteiger partial charge in [-0.2, -0.15) is 5.10 Å². The minimum atomic E-state index is -0.318. The van der Waals surface area contributed by atoms with E-state index in [0.717, 1.165) is 0 Å². The van der Waals surface area contributed by atoms with Gasteiger partial charge in [0.25, 0.3) is 5.91 Å². The number of amides is 1. The molecule has 118 valence electrons. The van der Waals surface area contributed by atoms with Crippen molar-refractivity contribution in [3.8, 4) is 11.5 Å². The summed E-state index contributed by atoms with van der Waals surface area (Å²) in [6.07, 6.45) is 0. The van der Waals surface area contributed by atoms with Crippen LogP contribution in [0, 0.1) is 6.92 Å². The van der Waals surface area contributed by atoms with E-state index in [1.807, 2.05) is 6.92 Å². The summed E-state index contributed by atoms with van der Waals surface area (Å²) < 4.78 is 12.2. The predicted octanol–water partition coefficient (Wildman–Crippen LogP) is 3.04. The SMILES string of the molecule is CCOc1ccc(NC(=O)c2c(C)nn(C)c2Cl)cc1OC. The maximum Gasteiger partial charge on any atom is 0.260 e. The lowest BCUT2D eigenvalue weighted by Gasteiger charge is -2.11. The van der Waals surface area contributed by atoms with Gasteiger partial charge >= 0.3 is 0 Å². The number of halogens is 1. The van der Waals surface area contributed by atoms with Gasteiger partial charge in [-0.05, 0) is 26.0 Å². The molecule has 7 heteroatoms. The molecule has 22 heavy (non-hydrogen) atoms. The van der Waals surface area contributed by atoms with Gasteiger partial charge in [0, 0.05) is 18.8 Å². The fraction of sp³-hybridized carbons (Fsp3) is 0.333. The van der Waals surface area contributed by atoms with Crippen LogP contribution < -0.4 is 14.8 Å². The Bertz CT molecular complexity index is 698. The lowest BCUT2D eigenvalue weighted by Crippen LogP contribution is -2.13. The van der Waals surface area contributed by atoms with Crippen LogP contribution in [0.3, 0.4) is 0 Å². The quantitative estimate of drug-likeness (QED) is 0.918. The van der Waals surface area contributed by atoms with Crippen molar-refractivity contribution in [2.24, 2.45) is 7.05 Å². The highest BCUT2D eigenvalue weighted by Crippen LogP contribution is 2.30. The van der Waals surface area contributed by atoms with E-state index >= 15 is 0 Å². The van der Waals surface area contributed by atoms with E-state index in [4.69, 9.17) is 21.1 Å². The maximum absolute atomic E-state index is 12.4. The number of hydrogen-bond donors (Lipinski definition) is 1. The molecular formula is C15H18ClN3O3. The number of aryl methyl sites for hydroxylation is 2. The number of carbonyl (C=O) groups excluding carboxylic acids is 1. The smallest absolute Gasteiger partial charge is 0.260 e. The highest BCUT2D eigenvalue weighted by atomic mass is 35.5. The Morgan fingerprint density at radius 2 is 2.14 bits per heavy atom. The van der Waals surface area contributed by atoms with Crippen molar-refractivity contribution in [2.75, 3.05) is 19.0 Å². The molecule has 0 spiro atoms. The van der Waals surface area contributed by atoms with E-state index < -0.39 is 0 Å². The summed E-state index contributed by atoms with van der Waals surface area (Å²) in [6, 6.07) is 5.18. The molecule has 0 aliphatic heterocycles. The van der Waals surface area contributed by atoms with Gasteiger partial charge in [0.2, 0.25) is 0 Å². The first-order chi connectivity index (χ1) is 10.5. The Balaban J connectivity index is 2.25. The second kappa shape index (κ2) is 6.70. The number of carbonyl (C=O) groups is 1. The normalized spacial score (nSPS) is 10.4. The Labute approximate surface area is 134 Å². The number of benzene rings is 1. The van der Waals surface area contributed by atoms with Gasteiger partial charge in [0.05, 0.1) is 25.0 Å². The first-order valence-corrected chi connectivity index (χ1v) is 7.17. The molecule has 0 fully saturated rings. The number of nitrogens with zero attached hydrogens (tertiary/aromatic N) is 2. The second-order valence-corrected chi connectivity index (χ2v) is 4.99. The number of methoxy groups -OCH3 is 1. The fourth-order valence-electron chi connectivity index (χ4n) is 2.10. The Hall–Kier alpha value is -2.21. The first kappa shape index (κ1) is 16.2. The fourth-order valence-corrected chi connectivity index (χ4v) is 2.36. The molecule has 6 nitrogen and oxygen atoms in total. The molecule has 1 amide bonds. The summed E-state index contributed by atoms with van der Waals surface area (Å²) in [5, 5.41) is 7.21. The number of ether oxygens (including phenoxy) is 2. The van der Waals surface area contributed by atoms with Crippen LogP contribution in [-0.2, 0) is 7.05 Å². The summed E-state index contributed by atoms with van der Waals surface area (Å²) in [6.45, 7) is 4.16. The molecule has 2 rings (SSSR count). The minimum Gasteiger partial charge on any atom is -0.493 e. The van der Waals surface area contributed by atoms with Crippen LogP contribution >= 0.6 is 11.6 Å². The zero-order valence-electron chi connectivity index (χ0n) is 12.9. The largest absolute Gasteiger partial charge is 0.493 e. The summed E-state index contributed by atoms with van der Waals surface area (Å²) in [7, 11) is 3.23. The van der Waals surface area contributed by atoms with Gasteiger partial charge < -0.3 is 14.8 Å². The molecule has 2 aromatic rings. The molecule has 0 aliphatic carbocycles. The zero-order valence-corrected chi connectivity index (χ0v) is 13.7. The van der Waals surface area contributed by atoms with Crippen LogP contribution in [0.5, 0.6) is 11.5 Å². The number of anilines is 1. The van der Waals surface area contributed by atoms with Crippen LogP contribution in [0.2, 0.25) is 5.15 Å². The number of rotatable bonds is 5. The van der Waals surface area contributed by atoms with Crippen LogP contribution in [0.25, 0.3) is 0 Å². The third-order valence-corrected chi connectivity index (χ3v) is 3.53. The zero-order chi connectivity index (χ0) is 16.3. The van der Waals surface area contributed by atoms with Crippen molar-refractivity contribution in [3.05, 3.63) is 34.6 Å². The van der Waals surface area contributed by atoms with E-state index in [9.17, 15) is 4.79 Å². The maximum atomic E-state index is 12.4. The van der Waals surface area contributed by atoms with Crippen molar-refractivity contribution >= 4 is 23.2 Å². The second-order valence-electron chi connectivity index (χ2n) is 4.63. The standard InChI is InChI=1S/C15H18ClN3O3/c1-5-22-11-7-6-10(8-12(11)21-4)17-15(20)13-9(2)18-19(3)14(13)16/h6-8H,5H2,1-4H3,(H,17,20). The van der Waals surface area contributed by atoms with Crippen LogP contribution in [-0.4, -0.2) is 29.4 Å². The summed E-state index contributed by atoms with van der Waals surface area (Å²) >= 11 is 6.10. The first-order valence-electron chi connectivity index (χ1n) is 6.79. The highest BCUT2D eigenvalue weighted by molar-refractivity contribution is 6.33. The van der Waals surface area contributed by atoms with Gasteiger partial charge in [-0.1, -0.05) is 11.6 Å². The third-order valence-electron chi connectivity index (χ3n) is 3.10. The molecular weight excluding hydrogens is 306 g/mol. The van der Waals surface area contributed by atoms with Crippen LogP contribution in [0.1, 0.15) is 23.0 Å². The van der Waals surface area contributed by atoms with Crippen molar-refractivity contribution in [2.45, 2.75) is 13.8 Å². The monoisotopic (exact) mass is 323 g/mol. The average Bonchev–Trinajstić information content (AvgIpc) is 2.74. The molecule has 0 aliphatic rings.